The molecule has 0 aliphatic rings. The Morgan fingerprint density at radius 3 is 2.62 bits per heavy atom. The minimum absolute atomic E-state index is 0.00601. The third-order valence-corrected chi connectivity index (χ3v) is 4.25. The summed E-state index contributed by atoms with van der Waals surface area (Å²) in [5.74, 6) is -1.04. The van der Waals surface area contributed by atoms with Gasteiger partial charge in [-0.15, -0.1) is 0 Å². The largest absolute Gasteiger partial charge is 0.507 e. The van der Waals surface area contributed by atoms with E-state index in [1.165, 1.54) is 30.3 Å². The Hall–Kier alpha value is -3.96. The molecule has 0 aliphatic carbocycles. The van der Waals surface area contributed by atoms with Crippen molar-refractivity contribution in [3.63, 3.8) is 0 Å². The smallest absolute Gasteiger partial charge is 0.225 e. The second kappa shape index (κ2) is 8.37. The van der Waals surface area contributed by atoms with Crippen LogP contribution in [0.4, 0.5) is 15.9 Å². The van der Waals surface area contributed by atoms with E-state index in [9.17, 15) is 19.6 Å². The second-order valence-corrected chi connectivity index (χ2v) is 6.23. The summed E-state index contributed by atoms with van der Waals surface area (Å²) in [6.45, 7) is 0.184. The third kappa shape index (κ3) is 4.15. The molecule has 146 valence electrons. The van der Waals surface area contributed by atoms with Crippen LogP contribution in [0.1, 0.15) is 12.0 Å². The van der Waals surface area contributed by atoms with Gasteiger partial charge in [-0.3, -0.25) is 4.79 Å². The molecule has 2 aromatic carbocycles. The van der Waals surface area contributed by atoms with Crippen molar-refractivity contribution >= 4 is 17.4 Å². The molecule has 0 aliphatic heterocycles. The van der Waals surface area contributed by atoms with E-state index in [2.05, 4.69) is 10.3 Å². The Bertz CT molecular complexity index is 1120. The molecule has 0 unspecified atom stereocenters. The Kier molecular flexibility index (Phi) is 5.71. The highest BCUT2D eigenvalue weighted by Gasteiger charge is 2.18. The van der Waals surface area contributed by atoms with Gasteiger partial charge in [0.05, 0.1) is 5.69 Å². The predicted molar refractivity (Wildman–Crippen MR) is 108 cm³/mol. The molecule has 3 rings (SSSR count). The van der Waals surface area contributed by atoms with Gasteiger partial charge < -0.3 is 21.9 Å². The molecule has 0 radical (unpaired) electrons. The maximum absolute atomic E-state index is 14.6. The minimum atomic E-state index is -0.604. The first kappa shape index (κ1) is 19.8. The number of hydrogen-bond acceptors (Lipinski definition) is 6. The zero-order valence-electron chi connectivity index (χ0n) is 15.3. The van der Waals surface area contributed by atoms with Crippen molar-refractivity contribution in [2.45, 2.75) is 6.42 Å². The fourth-order valence-electron chi connectivity index (χ4n) is 2.89. The van der Waals surface area contributed by atoms with Gasteiger partial charge in [0.2, 0.25) is 5.91 Å². The minimum Gasteiger partial charge on any atom is -0.507 e. The molecule has 0 fully saturated rings. The Morgan fingerprint density at radius 2 is 1.93 bits per heavy atom. The first-order chi connectivity index (χ1) is 13.9. The number of carbonyl (C=O) groups is 1. The Balaban J connectivity index is 2.16. The van der Waals surface area contributed by atoms with E-state index in [1.807, 2.05) is 6.07 Å². The van der Waals surface area contributed by atoms with Crippen molar-refractivity contribution < 1.29 is 14.3 Å². The number of rotatable bonds is 5. The molecule has 1 heterocycles. The molecule has 1 amide bonds. The number of aromatic hydroxyl groups is 1. The van der Waals surface area contributed by atoms with E-state index < -0.39 is 5.82 Å². The summed E-state index contributed by atoms with van der Waals surface area (Å²) >= 11 is 0. The van der Waals surface area contributed by atoms with Crippen LogP contribution in [-0.2, 0) is 4.79 Å². The number of carbonyl (C=O) groups excluding carboxylic acids is 1. The molecule has 0 saturated heterocycles. The first-order valence-corrected chi connectivity index (χ1v) is 8.73. The van der Waals surface area contributed by atoms with Crippen molar-refractivity contribution in [2.75, 3.05) is 17.6 Å². The van der Waals surface area contributed by atoms with Gasteiger partial charge in [0.25, 0.3) is 0 Å². The van der Waals surface area contributed by atoms with Crippen molar-refractivity contribution in [1.82, 2.24) is 4.98 Å². The average molecular weight is 391 g/mol. The van der Waals surface area contributed by atoms with Crippen LogP contribution in [0.15, 0.2) is 48.5 Å². The third-order valence-electron chi connectivity index (χ3n) is 4.25. The summed E-state index contributed by atoms with van der Waals surface area (Å²) < 4.78 is 14.6. The van der Waals surface area contributed by atoms with Crippen molar-refractivity contribution in [3.8, 4) is 34.2 Å². The summed E-state index contributed by atoms with van der Waals surface area (Å²) in [4.78, 5) is 16.0. The van der Waals surface area contributed by atoms with Crippen LogP contribution in [0, 0.1) is 17.1 Å². The van der Waals surface area contributed by atoms with E-state index in [-0.39, 0.29) is 52.8 Å². The Morgan fingerprint density at radius 1 is 1.17 bits per heavy atom. The van der Waals surface area contributed by atoms with E-state index >= 15 is 0 Å². The number of nitrogens with zero attached hydrogens (tertiary/aromatic N) is 2. The first-order valence-electron chi connectivity index (χ1n) is 8.73. The van der Waals surface area contributed by atoms with Gasteiger partial charge in [0.1, 0.15) is 29.0 Å². The van der Waals surface area contributed by atoms with E-state index in [1.54, 1.807) is 18.2 Å². The number of anilines is 2. The lowest BCUT2D eigenvalue weighted by molar-refractivity contribution is -0.116. The lowest BCUT2D eigenvalue weighted by Crippen LogP contribution is -2.16. The summed E-state index contributed by atoms with van der Waals surface area (Å²) in [6.07, 6.45) is 0.121. The number of phenolic OH excluding ortho intramolecular Hbond substituents is 1. The lowest BCUT2D eigenvalue weighted by atomic mass is 9.97. The SMILES string of the molecule is N#Cc1c(-c2cc(NC(=O)CCN)ccc2F)cc(-c2ccccc2O)nc1N. The fraction of sp³-hybridized carbons (Fsp3) is 0.0952. The number of amides is 1. The summed E-state index contributed by atoms with van der Waals surface area (Å²) in [6, 6.07) is 13.9. The van der Waals surface area contributed by atoms with Crippen LogP contribution in [0.5, 0.6) is 5.75 Å². The number of phenols is 1. The van der Waals surface area contributed by atoms with Gasteiger partial charge in [0, 0.05) is 35.3 Å². The molecule has 0 saturated carbocycles. The molecule has 1 aromatic heterocycles. The van der Waals surface area contributed by atoms with Gasteiger partial charge in [-0.05, 0) is 36.4 Å². The molecule has 29 heavy (non-hydrogen) atoms. The van der Waals surface area contributed by atoms with Crippen LogP contribution in [0.25, 0.3) is 22.4 Å². The molecule has 7 nitrogen and oxygen atoms in total. The van der Waals surface area contributed by atoms with Gasteiger partial charge in [-0.2, -0.15) is 5.26 Å². The number of hydrogen-bond donors (Lipinski definition) is 4. The number of benzene rings is 2. The number of nitrogens with one attached hydrogen (secondary N) is 1. The highest BCUT2D eigenvalue weighted by Crippen LogP contribution is 2.36. The number of pyridine rings is 1. The number of nitrogens with two attached hydrogens (primary N) is 2. The molecule has 0 spiro atoms. The number of para-hydroxylation sites is 1. The zero-order valence-corrected chi connectivity index (χ0v) is 15.3. The van der Waals surface area contributed by atoms with Crippen LogP contribution < -0.4 is 16.8 Å². The molecule has 6 N–H and O–H groups in total. The standard InChI is InChI=1S/C21H18FN5O2/c22-17-6-5-12(26-20(29)7-8-23)9-15(17)14-10-18(27-21(25)16(14)11-24)13-3-1-2-4-19(13)28/h1-6,9-10,28H,7-8,23H2,(H2,25,27)(H,26,29). The molecular formula is C21H18FN5O2. The van der Waals surface area contributed by atoms with Crippen LogP contribution in [0.2, 0.25) is 0 Å². The predicted octanol–water partition coefficient (Wildman–Crippen LogP) is 3.00. The van der Waals surface area contributed by atoms with Crippen LogP contribution in [-0.4, -0.2) is 22.5 Å². The molecule has 3 aromatic rings. The normalized spacial score (nSPS) is 10.4. The van der Waals surface area contributed by atoms with Crippen molar-refractivity contribution in [1.29, 1.82) is 5.26 Å². The van der Waals surface area contributed by atoms with Gasteiger partial charge >= 0.3 is 0 Å². The molecule has 0 bridgehead atoms. The second-order valence-electron chi connectivity index (χ2n) is 6.23. The molecule has 0 atom stereocenters. The number of nitriles is 1. The van der Waals surface area contributed by atoms with Crippen molar-refractivity contribution in [3.05, 3.63) is 59.9 Å². The number of nitrogen functional groups attached to an aromatic ring is 1. The average Bonchev–Trinajstić information content (AvgIpc) is 2.69. The molecular weight excluding hydrogens is 373 g/mol. The maximum atomic E-state index is 14.6. The number of halogens is 1. The quantitative estimate of drug-likeness (QED) is 0.527. The Labute approximate surface area is 166 Å². The summed E-state index contributed by atoms with van der Waals surface area (Å²) in [5.41, 5.74) is 12.6. The van der Waals surface area contributed by atoms with Gasteiger partial charge in [-0.25, -0.2) is 9.37 Å². The zero-order chi connectivity index (χ0) is 21.0. The van der Waals surface area contributed by atoms with E-state index in [0.29, 0.717) is 11.3 Å². The highest BCUT2D eigenvalue weighted by molar-refractivity contribution is 5.92. The highest BCUT2D eigenvalue weighted by atomic mass is 19.1. The summed E-state index contributed by atoms with van der Waals surface area (Å²) in [7, 11) is 0. The van der Waals surface area contributed by atoms with E-state index in [0.717, 1.165) is 0 Å². The fourth-order valence-corrected chi connectivity index (χ4v) is 2.89. The van der Waals surface area contributed by atoms with Crippen molar-refractivity contribution in [2.24, 2.45) is 5.73 Å². The summed E-state index contributed by atoms with van der Waals surface area (Å²) in [5, 5.41) is 22.3. The maximum Gasteiger partial charge on any atom is 0.225 e. The molecule has 8 heteroatoms. The lowest BCUT2D eigenvalue weighted by Gasteiger charge is -2.13. The monoisotopic (exact) mass is 391 g/mol. The van der Waals surface area contributed by atoms with Crippen LogP contribution >= 0.6 is 0 Å². The van der Waals surface area contributed by atoms with Crippen LogP contribution in [0.3, 0.4) is 0 Å². The topological polar surface area (TPSA) is 138 Å². The van der Waals surface area contributed by atoms with E-state index in [4.69, 9.17) is 11.5 Å². The van der Waals surface area contributed by atoms with Gasteiger partial charge in [-0.1, -0.05) is 12.1 Å². The number of aromatic nitrogens is 1. The van der Waals surface area contributed by atoms with Gasteiger partial charge in [0.15, 0.2) is 0 Å².